The molecular weight excluding hydrogens is 270 g/mol. The van der Waals surface area contributed by atoms with Gasteiger partial charge >= 0.3 is 5.97 Å². The molecule has 1 saturated heterocycles. The number of ether oxygens (including phenoxy) is 2. The van der Waals surface area contributed by atoms with E-state index in [1.54, 1.807) is 0 Å². The second-order valence-corrected chi connectivity index (χ2v) is 7.77. The van der Waals surface area contributed by atoms with Crippen molar-refractivity contribution in [2.75, 3.05) is 13.3 Å². The van der Waals surface area contributed by atoms with Crippen LogP contribution in [0.4, 0.5) is 0 Å². The van der Waals surface area contributed by atoms with Crippen LogP contribution in [0.15, 0.2) is 0 Å². The zero-order chi connectivity index (χ0) is 16.4. The number of nitrogens with zero attached hydrogens (tertiary/aromatic N) is 1. The molecule has 0 aliphatic carbocycles. The van der Waals surface area contributed by atoms with Gasteiger partial charge in [-0.25, -0.2) is 0 Å². The number of carbonyl (C=O) groups is 1. The van der Waals surface area contributed by atoms with E-state index in [9.17, 15) is 9.90 Å². The molecule has 21 heavy (non-hydrogen) atoms. The lowest BCUT2D eigenvalue weighted by Crippen LogP contribution is -2.45. The number of aliphatic hydroxyl groups excluding tert-OH is 1. The van der Waals surface area contributed by atoms with Crippen LogP contribution in [-0.4, -0.2) is 52.6 Å². The number of hydrogen-bond donors (Lipinski definition) is 1. The lowest BCUT2D eigenvalue weighted by Gasteiger charge is -2.31. The van der Waals surface area contributed by atoms with Gasteiger partial charge in [0.05, 0.1) is 11.7 Å². The van der Waals surface area contributed by atoms with Crippen LogP contribution in [0, 0.1) is 5.92 Å². The minimum absolute atomic E-state index is 0.108. The second kappa shape index (κ2) is 6.63. The van der Waals surface area contributed by atoms with E-state index in [1.165, 1.54) is 0 Å². The van der Waals surface area contributed by atoms with Crippen molar-refractivity contribution in [3.63, 3.8) is 0 Å². The van der Waals surface area contributed by atoms with E-state index in [0.717, 1.165) is 6.42 Å². The van der Waals surface area contributed by atoms with Gasteiger partial charge in [-0.1, -0.05) is 6.92 Å². The first kappa shape index (κ1) is 18.4. The average molecular weight is 301 g/mol. The molecule has 0 aromatic heterocycles. The highest BCUT2D eigenvalue weighted by Crippen LogP contribution is 2.30. The Balaban J connectivity index is 2.83. The van der Waals surface area contributed by atoms with Crippen molar-refractivity contribution in [3.8, 4) is 0 Å². The highest BCUT2D eigenvalue weighted by molar-refractivity contribution is 5.77. The molecular formula is C16H31NO4. The van der Waals surface area contributed by atoms with Crippen LogP contribution in [0.25, 0.3) is 0 Å². The topological polar surface area (TPSA) is 59.0 Å². The number of rotatable bonds is 4. The lowest BCUT2D eigenvalue weighted by atomic mass is 9.95. The molecule has 5 nitrogen and oxygen atoms in total. The van der Waals surface area contributed by atoms with Gasteiger partial charge in [0.1, 0.15) is 18.4 Å². The fourth-order valence-corrected chi connectivity index (χ4v) is 2.56. The number of hydrogen-bond acceptors (Lipinski definition) is 5. The summed E-state index contributed by atoms with van der Waals surface area (Å²) in [4.78, 5) is 14.4. The van der Waals surface area contributed by atoms with Crippen molar-refractivity contribution in [1.82, 2.24) is 4.90 Å². The van der Waals surface area contributed by atoms with E-state index in [1.807, 2.05) is 53.4 Å². The highest BCUT2D eigenvalue weighted by atomic mass is 16.6. The Hall–Kier alpha value is -0.650. The smallest absolute Gasteiger partial charge is 0.324 e. The number of esters is 1. The van der Waals surface area contributed by atoms with Crippen LogP contribution >= 0.6 is 0 Å². The number of likely N-dealkylation sites (tertiary alicyclic amines) is 1. The summed E-state index contributed by atoms with van der Waals surface area (Å²) < 4.78 is 11.3. The molecule has 0 amide bonds. The van der Waals surface area contributed by atoms with Gasteiger partial charge in [0.25, 0.3) is 0 Å². The van der Waals surface area contributed by atoms with Gasteiger partial charge in [-0.05, 0) is 48.0 Å². The Kier molecular flexibility index (Phi) is 5.81. The maximum atomic E-state index is 12.5. The first-order valence-corrected chi connectivity index (χ1v) is 7.73. The van der Waals surface area contributed by atoms with E-state index in [4.69, 9.17) is 9.47 Å². The fraction of sp³-hybridized carbons (Fsp3) is 0.938. The maximum Gasteiger partial charge on any atom is 0.324 e. The summed E-state index contributed by atoms with van der Waals surface area (Å²) in [6.45, 7) is 14.2. The van der Waals surface area contributed by atoms with Gasteiger partial charge in [-0.3, -0.25) is 9.69 Å². The number of carbonyl (C=O) groups excluding carboxylic acids is 1. The minimum Gasteiger partial charge on any atom is -0.459 e. The zero-order valence-corrected chi connectivity index (χ0v) is 14.5. The van der Waals surface area contributed by atoms with Crippen molar-refractivity contribution in [3.05, 3.63) is 0 Å². The van der Waals surface area contributed by atoms with E-state index in [2.05, 4.69) is 0 Å². The Bertz CT molecular complexity index is 356. The average Bonchev–Trinajstić information content (AvgIpc) is 2.59. The Morgan fingerprint density at radius 2 is 1.76 bits per heavy atom. The van der Waals surface area contributed by atoms with Gasteiger partial charge in [0.15, 0.2) is 0 Å². The van der Waals surface area contributed by atoms with Gasteiger partial charge in [0, 0.05) is 12.5 Å². The molecule has 1 fully saturated rings. The summed E-state index contributed by atoms with van der Waals surface area (Å²) in [7, 11) is 0. The van der Waals surface area contributed by atoms with Crippen molar-refractivity contribution in [2.45, 2.75) is 78.2 Å². The summed E-state index contributed by atoms with van der Waals surface area (Å²) >= 11 is 0. The van der Waals surface area contributed by atoms with Gasteiger partial charge in [0.2, 0.25) is 0 Å². The van der Waals surface area contributed by atoms with Gasteiger partial charge in [-0.15, -0.1) is 0 Å². The van der Waals surface area contributed by atoms with Crippen LogP contribution < -0.4 is 0 Å². The maximum absolute atomic E-state index is 12.5. The van der Waals surface area contributed by atoms with Crippen LogP contribution in [0.5, 0.6) is 0 Å². The molecule has 0 aromatic rings. The molecule has 0 saturated carbocycles. The summed E-state index contributed by atoms with van der Waals surface area (Å²) in [6, 6.07) is -0.438. The van der Waals surface area contributed by atoms with Gasteiger partial charge < -0.3 is 14.6 Å². The van der Waals surface area contributed by atoms with E-state index < -0.39 is 17.7 Å². The molecule has 1 aliphatic rings. The molecule has 3 unspecified atom stereocenters. The molecule has 1 aliphatic heterocycles. The molecule has 0 radical (unpaired) electrons. The quantitative estimate of drug-likeness (QED) is 0.807. The van der Waals surface area contributed by atoms with Crippen LogP contribution in [0.2, 0.25) is 0 Å². The normalized spacial score (nSPS) is 27.9. The summed E-state index contributed by atoms with van der Waals surface area (Å²) in [5.41, 5.74) is -0.812. The first-order valence-electron chi connectivity index (χ1n) is 7.73. The SMILES string of the molecule is CCC1C(O)CN(COC(C)(C)C)C1C(=O)OC(C)(C)C. The van der Waals surface area contributed by atoms with Crippen molar-refractivity contribution < 1.29 is 19.4 Å². The Morgan fingerprint density at radius 1 is 1.19 bits per heavy atom. The first-order chi connectivity index (χ1) is 9.44. The van der Waals surface area contributed by atoms with Crippen molar-refractivity contribution in [2.24, 2.45) is 5.92 Å². The highest BCUT2D eigenvalue weighted by Gasteiger charge is 2.46. The molecule has 0 aromatic carbocycles. The second-order valence-electron chi connectivity index (χ2n) is 7.77. The zero-order valence-electron chi connectivity index (χ0n) is 14.5. The van der Waals surface area contributed by atoms with Crippen LogP contribution in [0.3, 0.4) is 0 Å². The van der Waals surface area contributed by atoms with E-state index in [0.29, 0.717) is 13.3 Å². The van der Waals surface area contributed by atoms with Crippen LogP contribution in [-0.2, 0) is 14.3 Å². The van der Waals surface area contributed by atoms with Crippen molar-refractivity contribution in [1.29, 1.82) is 0 Å². The van der Waals surface area contributed by atoms with Crippen LogP contribution in [0.1, 0.15) is 54.9 Å². The minimum atomic E-state index is -0.528. The molecule has 5 heteroatoms. The molecule has 1 rings (SSSR count). The molecule has 0 spiro atoms. The molecule has 124 valence electrons. The standard InChI is InChI=1S/C16H31NO4/c1-8-11-12(18)9-17(10-20-15(2,3)4)13(11)14(19)21-16(5,6)7/h11-13,18H,8-10H2,1-7H3. The number of β-amino-alcohol motifs (C(OH)–C–C–N with tert-alkyl or cyclic N) is 1. The molecule has 0 bridgehead atoms. The third-order valence-electron chi connectivity index (χ3n) is 3.50. The predicted molar refractivity (Wildman–Crippen MR) is 81.8 cm³/mol. The van der Waals surface area contributed by atoms with E-state index >= 15 is 0 Å². The Labute approximate surface area is 128 Å². The third-order valence-corrected chi connectivity index (χ3v) is 3.50. The third kappa shape index (κ3) is 5.57. The van der Waals surface area contributed by atoms with E-state index in [-0.39, 0.29) is 17.5 Å². The van der Waals surface area contributed by atoms with Crippen molar-refractivity contribution >= 4 is 5.97 Å². The number of aliphatic hydroxyl groups is 1. The summed E-state index contributed by atoms with van der Waals surface area (Å²) in [5.74, 6) is -0.383. The molecule has 1 N–H and O–H groups in total. The predicted octanol–water partition coefficient (Wildman–Crippen LogP) is 2.17. The summed E-state index contributed by atoms with van der Waals surface area (Å²) in [6.07, 6.45) is 0.216. The fourth-order valence-electron chi connectivity index (χ4n) is 2.56. The lowest BCUT2D eigenvalue weighted by molar-refractivity contribution is -0.166. The Morgan fingerprint density at radius 3 is 2.19 bits per heavy atom. The summed E-state index contributed by atoms with van der Waals surface area (Å²) in [5, 5.41) is 10.2. The van der Waals surface area contributed by atoms with Gasteiger partial charge in [-0.2, -0.15) is 0 Å². The molecule has 3 atom stereocenters. The monoisotopic (exact) mass is 301 g/mol. The largest absolute Gasteiger partial charge is 0.459 e. The molecule has 1 heterocycles.